The molecule has 0 aliphatic carbocycles. The molecule has 9 nitrogen and oxygen atoms in total. The van der Waals surface area contributed by atoms with Crippen LogP contribution in [0.3, 0.4) is 0 Å². The zero-order valence-electron chi connectivity index (χ0n) is 17.5. The van der Waals surface area contributed by atoms with Crippen LogP contribution < -0.4 is 19.5 Å². The maximum Gasteiger partial charge on any atom is 0.321 e. The minimum absolute atomic E-state index is 0.0233. The fourth-order valence-corrected chi connectivity index (χ4v) is 3.88. The lowest BCUT2D eigenvalue weighted by Crippen LogP contribution is -2.32. The van der Waals surface area contributed by atoms with Crippen LogP contribution in [0.1, 0.15) is 0 Å². The Labute approximate surface area is 185 Å². The van der Waals surface area contributed by atoms with Gasteiger partial charge in [0.05, 0.1) is 19.1 Å². The predicted molar refractivity (Wildman–Crippen MR) is 118 cm³/mol. The van der Waals surface area contributed by atoms with Gasteiger partial charge in [0.2, 0.25) is 10.0 Å². The Morgan fingerprint density at radius 1 is 0.875 bits per heavy atom. The number of sulfonamides is 1. The number of benzene rings is 3. The quantitative estimate of drug-likeness (QED) is 0.472. The van der Waals surface area contributed by atoms with Crippen molar-refractivity contribution in [2.24, 2.45) is 0 Å². The van der Waals surface area contributed by atoms with Gasteiger partial charge >= 0.3 is 5.97 Å². The van der Waals surface area contributed by atoms with E-state index in [9.17, 15) is 18.0 Å². The summed E-state index contributed by atoms with van der Waals surface area (Å²) in [6.07, 6.45) is 0. The lowest BCUT2D eigenvalue weighted by molar-refractivity contribution is -0.146. The summed E-state index contributed by atoms with van der Waals surface area (Å²) in [6.45, 7) is -1.19. The third-order valence-corrected chi connectivity index (χ3v) is 5.87. The second-order valence-electron chi connectivity index (χ2n) is 6.61. The molecule has 0 saturated carbocycles. The average molecular weight is 458 g/mol. The fraction of sp³-hybridized carbons (Fsp3) is 0.182. The van der Waals surface area contributed by atoms with Crippen molar-refractivity contribution >= 4 is 38.4 Å². The van der Waals surface area contributed by atoms with Crippen molar-refractivity contribution in [1.29, 1.82) is 0 Å². The summed E-state index contributed by atoms with van der Waals surface area (Å²) in [5.74, 6) is -0.569. The zero-order chi connectivity index (χ0) is 23.1. The van der Waals surface area contributed by atoms with Gasteiger partial charge in [-0.2, -0.15) is 4.72 Å². The number of esters is 1. The summed E-state index contributed by atoms with van der Waals surface area (Å²) in [5.41, 5.74) is 0.417. The largest absolute Gasteiger partial charge is 0.493 e. The van der Waals surface area contributed by atoms with Crippen LogP contribution in [0.25, 0.3) is 10.8 Å². The van der Waals surface area contributed by atoms with Gasteiger partial charge in [0.25, 0.3) is 5.91 Å². The van der Waals surface area contributed by atoms with E-state index in [1.807, 2.05) is 12.1 Å². The summed E-state index contributed by atoms with van der Waals surface area (Å²) in [5, 5.41) is 4.20. The van der Waals surface area contributed by atoms with Gasteiger partial charge in [-0.25, -0.2) is 8.42 Å². The molecule has 10 heteroatoms. The number of rotatable bonds is 9. The lowest BCUT2D eigenvalue weighted by Gasteiger charge is -2.11. The molecular formula is C22H22N2O7S. The van der Waals surface area contributed by atoms with Gasteiger partial charge in [0, 0.05) is 11.8 Å². The maximum absolute atomic E-state index is 12.5. The van der Waals surface area contributed by atoms with Crippen molar-refractivity contribution in [1.82, 2.24) is 4.72 Å². The second-order valence-corrected chi connectivity index (χ2v) is 8.38. The summed E-state index contributed by atoms with van der Waals surface area (Å²) in [7, 11) is -0.973. The van der Waals surface area contributed by atoms with Gasteiger partial charge in [-0.1, -0.05) is 30.3 Å². The molecule has 0 heterocycles. The Hall–Kier alpha value is -3.63. The van der Waals surface area contributed by atoms with Crippen LogP contribution in [-0.2, 0) is 24.3 Å². The number of carbonyl (C=O) groups is 2. The standard InChI is InChI=1S/C22H22N2O7S/c1-29-19-10-8-17(12-20(19)30-2)24-21(25)14-31-22(26)13-23-32(27,28)18-9-7-15-5-3-4-6-16(15)11-18/h3-12,23H,13-14H2,1-2H3,(H,24,25). The van der Waals surface area contributed by atoms with Crippen molar-refractivity contribution < 1.29 is 32.2 Å². The third-order valence-electron chi connectivity index (χ3n) is 4.47. The molecule has 0 aliphatic heterocycles. The van der Waals surface area contributed by atoms with Crippen LogP contribution in [0.4, 0.5) is 5.69 Å². The van der Waals surface area contributed by atoms with Crippen molar-refractivity contribution in [2.75, 3.05) is 32.7 Å². The number of hydrogen-bond acceptors (Lipinski definition) is 7. The molecule has 0 aromatic heterocycles. The van der Waals surface area contributed by atoms with E-state index in [-0.39, 0.29) is 4.90 Å². The minimum atomic E-state index is -3.93. The fourth-order valence-electron chi connectivity index (χ4n) is 2.88. The molecule has 0 bridgehead atoms. The molecule has 3 rings (SSSR count). The van der Waals surface area contributed by atoms with Crippen LogP contribution in [0.2, 0.25) is 0 Å². The van der Waals surface area contributed by atoms with Gasteiger partial charge in [-0.3, -0.25) is 9.59 Å². The summed E-state index contributed by atoms with van der Waals surface area (Å²) in [4.78, 5) is 24.0. The van der Waals surface area contributed by atoms with E-state index in [1.54, 1.807) is 36.4 Å². The predicted octanol–water partition coefficient (Wildman–Crippen LogP) is 2.32. The molecule has 32 heavy (non-hydrogen) atoms. The molecule has 2 N–H and O–H groups in total. The molecule has 0 radical (unpaired) electrons. The summed E-state index contributed by atoms with van der Waals surface area (Å²) >= 11 is 0. The van der Waals surface area contributed by atoms with Gasteiger partial charge in [0.15, 0.2) is 18.1 Å². The molecule has 0 atom stereocenters. The molecule has 0 saturated heterocycles. The van der Waals surface area contributed by atoms with E-state index in [0.29, 0.717) is 17.2 Å². The van der Waals surface area contributed by atoms with Crippen molar-refractivity contribution in [2.45, 2.75) is 4.90 Å². The number of anilines is 1. The van der Waals surface area contributed by atoms with E-state index in [0.717, 1.165) is 10.8 Å². The average Bonchev–Trinajstić information content (AvgIpc) is 2.81. The van der Waals surface area contributed by atoms with Gasteiger partial charge in [-0.05, 0) is 35.0 Å². The number of methoxy groups -OCH3 is 2. The molecule has 3 aromatic carbocycles. The second kappa shape index (κ2) is 10.1. The molecule has 0 unspecified atom stereocenters. The molecule has 1 amide bonds. The highest BCUT2D eigenvalue weighted by Gasteiger charge is 2.17. The van der Waals surface area contributed by atoms with Crippen LogP contribution >= 0.6 is 0 Å². The maximum atomic E-state index is 12.5. The number of amides is 1. The first-order valence-corrected chi connectivity index (χ1v) is 11.0. The highest BCUT2D eigenvalue weighted by Crippen LogP contribution is 2.29. The van der Waals surface area contributed by atoms with Gasteiger partial charge in [0.1, 0.15) is 6.54 Å². The normalized spacial score (nSPS) is 11.1. The first-order valence-electron chi connectivity index (χ1n) is 9.48. The lowest BCUT2D eigenvalue weighted by atomic mass is 10.1. The first kappa shape index (κ1) is 23.0. The van der Waals surface area contributed by atoms with Crippen molar-refractivity contribution in [3.8, 4) is 11.5 Å². The van der Waals surface area contributed by atoms with Gasteiger partial charge in [-0.15, -0.1) is 0 Å². The highest BCUT2D eigenvalue weighted by atomic mass is 32.2. The van der Waals surface area contributed by atoms with E-state index in [4.69, 9.17) is 14.2 Å². The van der Waals surface area contributed by atoms with Crippen LogP contribution in [0.15, 0.2) is 65.6 Å². The third kappa shape index (κ3) is 5.74. The summed E-state index contributed by atoms with van der Waals surface area (Å²) in [6, 6.07) is 16.7. The van der Waals surface area contributed by atoms with Crippen LogP contribution in [0, 0.1) is 0 Å². The topological polar surface area (TPSA) is 120 Å². The van der Waals surface area contributed by atoms with E-state index in [1.165, 1.54) is 26.4 Å². The molecule has 0 aliphatic rings. The zero-order valence-corrected chi connectivity index (χ0v) is 18.3. The number of carbonyl (C=O) groups excluding carboxylic acids is 2. The summed E-state index contributed by atoms with van der Waals surface area (Å²) < 4.78 is 42.2. The van der Waals surface area contributed by atoms with Gasteiger partial charge < -0.3 is 19.5 Å². The van der Waals surface area contributed by atoms with E-state index < -0.39 is 35.1 Å². The Balaban J connectivity index is 1.51. The Morgan fingerprint density at radius 2 is 1.59 bits per heavy atom. The number of hydrogen-bond donors (Lipinski definition) is 2. The minimum Gasteiger partial charge on any atom is -0.493 e. The first-order chi connectivity index (χ1) is 15.3. The SMILES string of the molecule is COc1ccc(NC(=O)COC(=O)CNS(=O)(=O)c2ccc3ccccc3c2)cc1OC. The molecule has 3 aromatic rings. The molecule has 168 valence electrons. The Morgan fingerprint density at radius 3 is 2.31 bits per heavy atom. The van der Waals surface area contributed by atoms with Crippen molar-refractivity contribution in [3.63, 3.8) is 0 Å². The van der Waals surface area contributed by atoms with Crippen molar-refractivity contribution in [3.05, 3.63) is 60.7 Å². The smallest absolute Gasteiger partial charge is 0.321 e. The molecular weight excluding hydrogens is 436 g/mol. The highest BCUT2D eigenvalue weighted by molar-refractivity contribution is 7.89. The van der Waals surface area contributed by atoms with Crippen LogP contribution in [-0.4, -0.2) is 47.7 Å². The Kier molecular flexibility index (Phi) is 7.29. The monoisotopic (exact) mass is 458 g/mol. The van der Waals surface area contributed by atoms with Crippen LogP contribution in [0.5, 0.6) is 11.5 Å². The number of fused-ring (bicyclic) bond motifs is 1. The molecule has 0 fully saturated rings. The van der Waals surface area contributed by atoms with E-state index in [2.05, 4.69) is 10.0 Å². The Bertz CT molecular complexity index is 1240. The van der Waals surface area contributed by atoms with E-state index >= 15 is 0 Å². The number of nitrogens with one attached hydrogen (secondary N) is 2. The number of ether oxygens (including phenoxy) is 3. The molecule has 0 spiro atoms.